The van der Waals surface area contributed by atoms with E-state index >= 15 is 0 Å². The number of benzene rings is 4. The predicted molar refractivity (Wildman–Crippen MR) is 177 cm³/mol. The monoisotopic (exact) mass is 539 g/mol. The van der Waals surface area contributed by atoms with Crippen LogP contribution in [-0.2, 0) is 6.42 Å². The third-order valence-corrected chi connectivity index (χ3v) is 7.88. The van der Waals surface area contributed by atoms with Crippen LogP contribution in [0.2, 0.25) is 0 Å². The van der Waals surface area contributed by atoms with Crippen LogP contribution in [0.1, 0.15) is 61.4 Å². The summed E-state index contributed by atoms with van der Waals surface area (Å²) in [6, 6.07) is 34.4. The van der Waals surface area contributed by atoms with E-state index in [1.54, 1.807) is 0 Å². The van der Waals surface area contributed by atoms with Gasteiger partial charge in [0.1, 0.15) is 0 Å². The zero-order valence-corrected chi connectivity index (χ0v) is 24.6. The van der Waals surface area contributed by atoms with Gasteiger partial charge in [0, 0.05) is 33.4 Å². The first-order chi connectivity index (χ1) is 20.0. The van der Waals surface area contributed by atoms with Gasteiger partial charge in [0.25, 0.3) is 0 Å². The molecular weight excluding hydrogens is 498 g/mol. The smallest absolute Gasteiger partial charge is 0.0726 e. The second kappa shape index (κ2) is 13.3. The molecular formula is C38H41N3. The summed E-state index contributed by atoms with van der Waals surface area (Å²) in [6.07, 6.45) is 6.90. The number of para-hydroxylation sites is 1. The Morgan fingerprint density at radius 2 is 1.39 bits per heavy atom. The second-order valence-corrected chi connectivity index (χ2v) is 11.0. The first kappa shape index (κ1) is 28.2. The van der Waals surface area contributed by atoms with Crippen molar-refractivity contribution in [3.05, 3.63) is 130 Å². The van der Waals surface area contributed by atoms with Gasteiger partial charge in [-0.25, -0.2) is 0 Å². The lowest BCUT2D eigenvalue weighted by Gasteiger charge is -2.15. The van der Waals surface area contributed by atoms with Crippen LogP contribution in [0.5, 0.6) is 0 Å². The van der Waals surface area contributed by atoms with Crippen LogP contribution in [0, 0.1) is 13.8 Å². The molecule has 208 valence electrons. The Morgan fingerprint density at radius 3 is 2.10 bits per heavy atom. The van der Waals surface area contributed by atoms with Crippen molar-refractivity contribution in [2.24, 2.45) is 0 Å². The van der Waals surface area contributed by atoms with Gasteiger partial charge < -0.3 is 10.6 Å². The van der Waals surface area contributed by atoms with E-state index in [1.165, 1.54) is 53.3 Å². The second-order valence-electron chi connectivity index (χ2n) is 11.0. The molecule has 5 rings (SSSR count). The van der Waals surface area contributed by atoms with Gasteiger partial charge in [-0.05, 0) is 85.4 Å². The number of aromatic nitrogens is 1. The van der Waals surface area contributed by atoms with Crippen molar-refractivity contribution in [1.29, 1.82) is 0 Å². The summed E-state index contributed by atoms with van der Waals surface area (Å²) in [7, 11) is 0. The van der Waals surface area contributed by atoms with Crippen molar-refractivity contribution in [1.82, 2.24) is 4.98 Å². The first-order valence-electron chi connectivity index (χ1n) is 14.9. The minimum Gasteiger partial charge on any atom is -0.358 e. The lowest BCUT2D eigenvalue weighted by molar-refractivity contribution is 0.677. The highest BCUT2D eigenvalue weighted by Gasteiger charge is 2.10. The van der Waals surface area contributed by atoms with E-state index in [0.29, 0.717) is 0 Å². The van der Waals surface area contributed by atoms with Gasteiger partial charge >= 0.3 is 0 Å². The fourth-order valence-electron chi connectivity index (χ4n) is 5.36. The van der Waals surface area contributed by atoms with Gasteiger partial charge in [0.15, 0.2) is 0 Å². The maximum Gasteiger partial charge on any atom is 0.0726 e. The van der Waals surface area contributed by atoms with Crippen LogP contribution in [0.25, 0.3) is 23.2 Å². The van der Waals surface area contributed by atoms with E-state index in [9.17, 15) is 0 Å². The molecule has 0 aliphatic heterocycles. The summed E-state index contributed by atoms with van der Waals surface area (Å²) in [4.78, 5) is 4.75. The molecule has 0 atom stereocenters. The number of anilines is 3. The number of rotatable bonds is 11. The Bertz CT molecular complexity index is 1720. The van der Waals surface area contributed by atoms with Gasteiger partial charge in [-0.15, -0.1) is 0 Å². The Hall–Kier alpha value is -4.37. The van der Waals surface area contributed by atoms with E-state index in [1.807, 2.05) is 6.07 Å². The van der Waals surface area contributed by atoms with Gasteiger partial charge in [-0.2, -0.15) is 0 Å². The maximum atomic E-state index is 4.75. The van der Waals surface area contributed by atoms with Crippen molar-refractivity contribution >= 4 is 40.2 Å². The lowest BCUT2D eigenvalue weighted by atomic mass is 10.0. The average molecular weight is 540 g/mol. The van der Waals surface area contributed by atoms with E-state index in [0.717, 1.165) is 51.7 Å². The van der Waals surface area contributed by atoms with Crippen LogP contribution in [0.4, 0.5) is 17.1 Å². The minimum absolute atomic E-state index is 0.895. The summed E-state index contributed by atoms with van der Waals surface area (Å²) in [6.45, 7) is 10.7. The fourth-order valence-corrected chi connectivity index (χ4v) is 5.36. The van der Waals surface area contributed by atoms with Crippen LogP contribution in [0.3, 0.4) is 0 Å². The summed E-state index contributed by atoms with van der Waals surface area (Å²) in [5.41, 5.74) is 10.4. The molecule has 0 aliphatic carbocycles. The van der Waals surface area contributed by atoms with E-state index in [4.69, 9.17) is 4.98 Å². The summed E-state index contributed by atoms with van der Waals surface area (Å²) < 4.78 is 0. The van der Waals surface area contributed by atoms with Crippen molar-refractivity contribution in [3.63, 3.8) is 0 Å². The number of nitrogens with zero attached hydrogens (tertiary/aromatic N) is 1. The molecule has 5 aromatic rings. The van der Waals surface area contributed by atoms with Crippen molar-refractivity contribution in [2.45, 2.75) is 59.3 Å². The van der Waals surface area contributed by atoms with Crippen molar-refractivity contribution in [3.8, 4) is 0 Å². The van der Waals surface area contributed by atoms with Crippen LogP contribution >= 0.6 is 0 Å². The van der Waals surface area contributed by atoms with Gasteiger partial charge in [0.05, 0.1) is 11.2 Å². The number of aryl methyl sites for hydroxylation is 1. The van der Waals surface area contributed by atoms with Crippen LogP contribution in [0.15, 0.2) is 97.1 Å². The summed E-state index contributed by atoms with van der Waals surface area (Å²) >= 11 is 0. The van der Waals surface area contributed by atoms with E-state index in [2.05, 4.69) is 129 Å². The lowest BCUT2D eigenvalue weighted by Crippen LogP contribution is -2.27. The normalized spacial score (nSPS) is 11.9. The zero-order valence-electron chi connectivity index (χ0n) is 24.6. The Kier molecular flexibility index (Phi) is 9.15. The topological polar surface area (TPSA) is 37.0 Å². The summed E-state index contributed by atoms with van der Waals surface area (Å²) in [5, 5.41) is 10.8. The maximum absolute atomic E-state index is 4.75. The predicted octanol–water partition coefficient (Wildman–Crippen LogP) is 8.79. The standard InChI is InChI=1S/C38H41N3/c1-5-6-7-8-16-36(34-14-10-9-13-27(34)2)40-32-22-18-30(19-23-32)26-31-20-24-33(25-21-31)41-38-28(3)29(4)39-37-17-12-11-15-35(37)38/h9-15,17-25,40H,2,5-8,16,26H2,1,3-4H3,(H,39,41)/b36-34+. The molecule has 0 amide bonds. The van der Waals surface area contributed by atoms with Gasteiger partial charge in [-0.1, -0.05) is 99.5 Å². The molecule has 41 heavy (non-hydrogen) atoms. The largest absolute Gasteiger partial charge is 0.358 e. The SMILES string of the molecule is C=c1cccc/c1=C(/CCCCCC)Nc1ccc(Cc2ccc(Nc3c(C)c(C)nc4ccccc34)cc2)cc1. The molecule has 0 saturated heterocycles. The molecule has 0 bridgehead atoms. The molecule has 0 saturated carbocycles. The molecule has 0 unspecified atom stereocenters. The molecule has 0 radical (unpaired) electrons. The third kappa shape index (κ3) is 7.05. The number of hydrogen-bond acceptors (Lipinski definition) is 3. The Labute approximate surface area is 244 Å². The van der Waals surface area contributed by atoms with Crippen LogP contribution < -0.4 is 21.1 Å². The highest BCUT2D eigenvalue weighted by Crippen LogP contribution is 2.30. The van der Waals surface area contributed by atoms with E-state index in [-0.39, 0.29) is 0 Å². The molecule has 3 heteroatoms. The molecule has 1 heterocycles. The van der Waals surface area contributed by atoms with E-state index < -0.39 is 0 Å². The van der Waals surface area contributed by atoms with Gasteiger partial charge in [0.2, 0.25) is 0 Å². The number of pyridine rings is 1. The first-order valence-corrected chi connectivity index (χ1v) is 14.9. The summed E-state index contributed by atoms with van der Waals surface area (Å²) in [5.74, 6) is 0. The minimum atomic E-state index is 0.895. The molecule has 4 aromatic carbocycles. The molecule has 2 N–H and O–H groups in total. The van der Waals surface area contributed by atoms with Crippen molar-refractivity contribution < 1.29 is 0 Å². The number of nitrogens with one attached hydrogen (secondary N) is 2. The molecule has 1 aromatic heterocycles. The molecule has 0 spiro atoms. The number of fused-ring (bicyclic) bond motifs is 1. The third-order valence-electron chi connectivity index (χ3n) is 7.88. The quantitative estimate of drug-likeness (QED) is 0.165. The zero-order chi connectivity index (χ0) is 28.6. The average Bonchev–Trinajstić information content (AvgIpc) is 2.99. The van der Waals surface area contributed by atoms with Gasteiger partial charge in [-0.3, -0.25) is 4.98 Å². The van der Waals surface area contributed by atoms with Crippen LogP contribution in [-0.4, -0.2) is 4.98 Å². The fraction of sp³-hybridized carbons (Fsp3) is 0.237. The highest BCUT2D eigenvalue weighted by atomic mass is 14.9. The highest BCUT2D eigenvalue weighted by molar-refractivity contribution is 5.95. The number of hydrogen-bond donors (Lipinski definition) is 2. The Morgan fingerprint density at radius 1 is 0.732 bits per heavy atom. The molecule has 0 aliphatic rings. The number of unbranched alkanes of at least 4 members (excludes halogenated alkanes) is 3. The molecule has 3 nitrogen and oxygen atoms in total. The Balaban J connectivity index is 1.27. The van der Waals surface area contributed by atoms with Crippen molar-refractivity contribution in [2.75, 3.05) is 10.6 Å². The molecule has 0 fully saturated rings.